The van der Waals surface area contributed by atoms with Crippen LogP contribution in [0, 0.1) is 11.3 Å². The Morgan fingerprint density at radius 2 is 1.45 bits per heavy atom. The minimum Gasteiger partial charge on any atom is -0.456 e. The molecule has 2 bridgehead atoms. The van der Waals surface area contributed by atoms with Gasteiger partial charge in [-0.3, -0.25) is 19.2 Å². The molecule has 4 aliphatic rings. The van der Waals surface area contributed by atoms with E-state index in [0.717, 1.165) is 13.8 Å². The van der Waals surface area contributed by atoms with E-state index in [0.29, 0.717) is 5.56 Å². The number of hydrogen-bond donors (Lipinski definition) is 4. The summed E-state index contributed by atoms with van der Waals surface area (Å²) >= 11 is 0. The van der Waals surface area contributed by atoms with Crippen molar-refractivity contribution in [3.8, 4) is 0 Å². The first-order chi connectivity index (χ1) is 28.5. The summed E-state index contributed by atoms with van der Waals surface area (Å²) in [5, 5.41) is 39.5. The lowest BCUT2D eigenvalue weighted by Gasteiger charge is -2.65. The molecule has 15 nitrogen and oxygen atoms in total. The number of rotatable bonds is 10. The summed E-state index contributed by atoms with van der Waals surface area (Å²) in [4.78, 5) is 82.4. The maximum atomic E-state index is 15.2. The van der Waals surface area contributed by atoms with Gasteiger partial charge in [-0.05, 0) is 54.8 Å². The Kier molecular flexibility index (Phi) is 11.6. The zero-order valence-corrected chi connectivity index (χ0v) is 33.4. The van der Waals surface area contributed by atoms with Crippen molar-refractivity contribution in [1.82, 2.24) is 5.32 Å². The zero-order chi connectivity index (χ0) is 43.1. The van der Waals surface area contributed by atoms with E-state index in [1.54, 1.807) is 78.9 Å². The van der Waals surface area contributed by atoms with Gasteiger partial charge in [0.05, 0.1) is 35.6 Å². The van der Waals surface area contributed by atoms with Crippen LogP contribution in [0.1, 0.15) is 79.3 Å². The predicted octanol–water partition coefficient (Wildman–Crippen LogP) is 3.10. The molecule has 0 aromatic heterocycles. The molecule has 3 aromatic carbocycles. The van der Waals surface area contributed by atoms with Gasteiger partial charge in [0.1, 0.15) is 23.9 Å². The van der Waals surface area contributed by atoms with Gasteiger partial charge in [-0.15, -0.1) is 0 Å². The smallest absolute Gasteiger partial charge is 0.338 e. The van der Waals surface area contributed by atoms with Crippen molar-refractivity contribution in [3.63, 3.8) is 0 Å². The Morgan fingerprint density at radius 1 is 0.850 bits per heavy atom. The molecule has 3 aromatic rings. The largest absolute Gasteiger partial charge is 0.456 e. The molecule has 1 amide bonds. The third kappa shape index (κ3) is 7.51. The van der Waals surface area contributed by atoms with Crippen molar-refractivity contribution in [3.05, 3.63) is 119 Å². The Balaban J connectivity index is 1.34. The molecule has 7 rings (SSSR count). The van der Waals surface area contributed by atoms with E-state index >= 15 is 4.79 Å². The summed E-state index contributed by atoms with van der Waals surface area (Å²) in [6.07, 6.45) is -10.7. The first-order valence-electron chi connectivity index (χ1n) is 19.7. The number of benzene rings is 3. The molecule has 60 heavy (non-hydrogen) atoms. The van der Waals surface area contributed by atoms with Gasteiger partial charge in [-0.25, -0.2) is 9.59 Å². The number of ether oxygens (including phenoxy) is 5. The summed E-state index contributed by atoms with van der Waals surface area (Å²) in [6, 6.07) is 22.9. The second-order valence-corrected chi connectivity index (χ2v) is 16.2. The number of nitrogens with one attached hydrogen (secondary N) is 1. The van der Waals surface area contributed by atoms with E-state index < -0.39 is 114 Å². The van der Waals surface area contributed by atoms with Gasteiger partial charge in [-0.2, -0.15) is 0 Å². The summed E-state index contributed by atoms with van der Waals surface area (Å²) in [7, 11) is 0. The lowest BCUT2D eigenvalue weighted by molar-refractivity contribution is -0.340. The maximum absolute atomic E-state index is 15.2. The predicted molar refractivity (Wildman–Crippen MR) is 209 cm³/mol. The molecule has 0 spiro atoms. The molecule has 1 aliphatic heterocycles. The van der Waals surface area contributed by atoms with Gasteiger partial charge < -0.3 is 44.3 Å². The fraction of sp³-hybridized carbons (Fsp3) is 0.422. The maximum Gasteiger partial charge on any atom is 0.338 e. The molecule has 0 radical (unpaired) electrons. The highest BCUT2D eigenvalue weighted by Crippen LogP contribution is 2.61. The third-order valence-electron chi connectivity index (χ3n) is 12.5. The van der Waals surface area contributed by atoms with Crippen molar-refractivity contribution in [1.29, 1.82) is 0 Å². The Morgan fingerprint density at radius 3 is 2.02 bits per heavy atom. The van der Waals surface area contributed by atoms with E-state index in [2.05, 4.69) is 5.32 Å². The SMILES string of the molecule is CC(=O)O[C@H]1C(=O)[C@@]2(C)[C@H]([C@H](OC(=O)c3ccccc3)[C@@]3(O)CC1=C(C)[C@@H](OC(=O)[C@H](O)[C@@H](NC(=O)c1ccccc1)c1ccccc1)C3)[C@]1(OC(C)=O)CO[C@@H]1C[C@@H]2O. The molecular weight excluding hydrogens is 778 g/mol. The van der Waals surface area contributed by atoms with Gasteiger partial charge in [0, 0.05) is 38.7 Å². The highest BCUT2D eigenvalue weighted by atomic mass is 16.6. The molecule has 0 unspecified atom stereocenters. The van der Waals surface area contributed by atoms with Gasteiger partial charge in [0.2, 0.25) is 0 Å². The van der Waals surface area contributed by atoms with Crippen LogP contribution in [0.15, 0.2) is 102 Å². The quantitative estimate of drug-likeness (QED) is 0.131. The lowest BCUT2D eigenvalue weighted by Crippen LogP contribution is -2.80. The van der Waals surface area contributed by atoms with Gasteiger partial charge in [0.25, 0.3) is 5.91 Å². The highest BCUT2D eigenvalue weighted by molar-refractivity contribution is 5.96. The fourth-order valence-corrected chi connectivity index (χ4v) is 9.41. The Bertz CT molecular complexity index is 2200. The van der Waals surface area contributed by atoms with Crippen molar-refractivity contribution in [2.45, 2.75) is 101 Å². The number of aliphatic hydroxyl groups excluding tert-OH is 2. The summed E-state index contributed by atoms with van der Waals surface area (Å²) in [5.41, 5.74) is -5.14. The van der Waals surface area contributed by atoms with Gasteiger partial charge in [0.15, 0.2) is 23.6 Å². The molecule has 11 atom stereocenters. The number of fused-ring (bicyclic) bond motifs is 5. The molecule has 4 N–H and O–H groups in total. The van der Waals surface area contributed by atoms with E-state index in [1.807, 2.05) is 0 Å². The van der Waals surface area contributed by atoms with Crippen molar-refractivity contribution < 1.29 is 67.8 Å². The lowest BCUT2D eigenvalue weighted by atomic mass is 9.48. The number of hydrogen-bond acceptors (Lipinski definition) is 14. The summed E-state index contributed by atoms with van der Waals surface area (Å²) < 4.78 is 29.8. The monoisotopic (exact) mass is 825 g/mol. The fourth-order valence-electron chi connectivity index (χ4n) is 9.41. The molecule has 2 saturated carbocycles. The second kappa shape index (κ2) is 16.4. The molecule has 1 heterocycles. The van der Waals surface area contributed by atoms with Crippen LogP contribution in [-0.2, 0) is 42.9 Å². The average molecular weight is 826 g/mol. The van der Waals surface area contributed by atoms with Crippen molar-refractivity contribution in [2.75, 3.05) is 6.61 Å². The third-order valence-corrected chi connectivity index (χ3v) is 12.5. The van der Waals surface area contributed by atoms with E-state index in [4.69, 9.17) is 23.7 Å². The highest BCUT2D eigenvalue weighted by Gasteiger charge is 2.76. The second-order valence-electron chi connectivity index (χ2n) is 16.2. The summed E-state index contributed by atoms with van der Waals surface area (Å²) in [6.45, 7) is 4.83. The molecule has 1 saturated heterocycles. The normalized spacial score (nSPS) is 31.6. The topological polar surface area (TPSA) is 221 Å². The molecule has 15 heteroatoms. The van der Waals surface area contributed by atoms with E-state index in [1.165, 1.54) is 26.0 Å². The number of ketones is 1. The first kappa shape index (κ1) is 42.4. The Hall–Kier alpha value is -5.74. The van der Waals surface area contributed by atoms with Crippen LogP contribution in [0.4, 0.5) is 0 Å². The van der Waals surface area contributed by atoms with Crippen LogP contribution in [0.5, 0.6) is 0 Å². The number of carbonyl (C=O) groups excluding carboxylic acids is 6. The standard InChI is InChI=1S/C45H47NO14/c1-24-30-21-44(55,22-31(24)58-42(54)35(50)34(27-14-8-5-9-15-27)46-40(52)28-16-10-6-11-17-28)39(59-41(53)29-18-12-7-13-19-29)37-43(4,38(51)36(30)57-25(2)47)32(49)20-33-45(37,23-56-33)60-26(3)48/h5-19,31-37,39,49-50,55H,20-23H2,1-4H3,(H,46,52)/t31-,32-,33+,34-,35+,36+,37-,39-,43+,44+,45-/m0/s1. The van der Waals surface area contributed by atoms with Crippen LogP contribution in [-0.4, -0.2) is 105 Å². The van der Waals surface area contributed by atoms with Crippen LogP contribution in [0.25, 0.3) is 0 Å². The number of amides is 1. The average Bonchev–Trinajstić information content (AvgIpc) is 3.23. The van der Waals surface area contributed by atoms with Crippen LogP contribution < -0.4 is 5.32 Å². The zero-order valence-electron chi connectivity index (χ0n) is 33.4. The number of carbonyl (C=O) groups is 6. The van der Waals surface area contributed by atoms with Crippen molar-refractivity contribution >= 4 is 35.6 Å². The van der Waals surface area contributed by atoms with Gasteiger partial charge >= 0.3 is 23.9 Å². The summed E-state index contributed by atoms with van der Waals surface area (Å²) in [5.74, 6) is -6.76. The number of aliphatic hydroxyl groups is 3. The molecule has 3 fully saturated rings. The van der Waals surface area contributed by atoms with Crippen LogP contribution >= 0.6 is 0 Å². The first-order valence-corrected chi connectivity index (χ1v) is 19.7. The molecule has 3 aliphatic carbocycles. The molecular formula is C45H47NO14. The minimum absolute atomic E-state index is 0.00869. The van der Waals surface area contributed by atoms with E-state index in [9.17, 15) is 39.3 Å². The number of Topliss-reactive ketones (excluding diaryl/α,β-unsaturated/α-hetero) is 1. The Labute approximate surface area is 345 Å². The van der Waals surface area contributed by atoms with E-state index in [-0.39, 0.29) is 35.3 Å². The van der Waals surface area contributed by atoms with Crippen LogP contribution in [0.3, 0.4) is 0 Å². The molecule has 316 valence electrons. The minimum atomic E-state index is -2.29. The van der Waals surface area contributed by atoms with Crippen molar-refractivity contribution in [2.24, 2.45) is 11.3 Å². The number of esters is 4. The van der Waals surface area contributed by atoms with Crippen LogP contribution in [0.2, 0.25) is 0 Å². The van der Waals surface area contributed by atoms with Gasteiger partial charge in [-0.1, -0.05) is 66.7 Å².